The maximum Gasteiger partial charge on any atom is 0.242 e. The van der Waals surface area contributed by atoms with Gasteiger partial charge in [0.25, 0.3) is 0 Å². The van der Waals surface area contributed by atoms with E-state index >= 15 is 0 Å². The van der Waals surface area contributed by atoms with Crippen LogP contribution in [-0.4, -0.2) is 34.6 Å². The molecule has 0 radical (unpaired) electrons. The first-order valence-electron chi connectivity index (χ1n) is 10.4. The molecule has 162 valence electrons. The van der Waals surface area contributed by atoms with Gasteiger partial charge in [0, 0.05) is 35.0 Å². The summed E-state index contributed by atoms with van der Waals surface area (Å²) < 4.78 is 0.961. The van der Waals surface area contributed by atoms with Crippen molar-refractivity contribution in [1.82, 2.24) is 10.2 Å². The predicted octanol–water partition coefficient (Wildman–Crippen LogP) is 5.40. The summed E-state index contributed by atoms with van der Waals surface area (Å²) in [6.45, 7) is 6.23. The molecule has 0 saturated heterocycles. The number of halogens is 1. The fraction of sp³-hybridized carbons (Fsp3) is 0.417. The lowest BCUT2D eigenvalue weighted by Crippen LogP contribution is -2.49. The summed E-state index contributed by atoms with van der Waals surface area (Å²) in [5, 5.41) is 3.00. The van der Waals surface area contributed by atoms with E-state index in [0.29, 0.717) is 13.0 Å². The standard InChI is InChI=1S/C24H31BrN2O2S/c1-4-18(2)26-24(29)19(3)27(16-21-11-8-12-22(25)15-21)23(28)13-14-30-17-20-9-6-5-7-10-20/h5-12,15,18-19H,4,13-14,16-17H2,1-3H3,(H,26,29). The summed E-state index contributed by atoms with van der Waals surface area (Å²) >= 11 is 5.22. The minimum absolute atomic E-state index is 0.00217. The summed E-state index contributed by atoms with van der Waals surface area (Å²) in [6.07, 6.45) is 1.26. The van der Waals surface area contributed by atoms with E-state index in [-0.39, 0.29) is 17.9 Å². The third-order valence-corrected chi connectivity index (χ3v) is 6.51. The van der Waals surface area contributed by atoms with Crippen LogP contribution in [0.15, 0.2) is 59.1 Å². The average molecular weight is 491 g/mol. The lowest BCUT2D eigenvalue weighted by molar-refractivity contribution is -0.140. The average Bonchev–Trinajstić information content (AvgIpc) is 2.75. The van der Waals surface area contributed by atoms with E-state index in [1.54, 1.807) is 16.7 Å². The fourth-order valence-electron chi connectivity index (χ4n) is 2.95. The van der Waals surface area contributed by atoms with Gasteiger partial charge in [-0.3, -0.25) is 9.59 Å². The van der Waals surface area contributed by atoms with Crippen LogP contribution in [0.25, 0.3) is 0 Å². The topological polar surface area (TPSA) is 49.4 Å². The first-order valence-corrected chi connectivity index (χ1v) is 12.3. The molecule has 2 unspecified atom stereocenters. The highest BCUT2D eigenvalue weighted by Crippen LogP contribution is 2.18. The Balaban J connectivity index is 2.01. The normalized spacial score (nSPS) is 12.8. The number of carbonyl (C=O) groups is 2. The van der Waals surface area contributed by atoms with Crippen molar-refractivity contribution in [3.8, 4) is 0 Å². The Kier molecular flexibility index (Phi) is 10.4. The Morgan fingerprint density at radius 3 is 2.43 bits per heavy atom. The van der Waals surface area contributed by atoms with Gasteiger partial charge in [-0.05, 0) is 43.5 Å². The number of nitrogens with one attached hydrogen (secondary N) is 1. The Morgan fingerprint density at radius 1 is 1.07 bits per heavy atom. The highest BCUT2D eigenvalue weighted by atomic mass is 79.9. The van der Waals surface area contributed by atoms with Crippen molar-refractivity contribution in [2.75, 3.05) is 5.75 Å². The highest BCUT2D eigenvalue weighted by Gasteiger charge is 2.26. The molecule has 6 heteroatoms. The Morgan fingerprint density at radius 2 is 1.77 bits per heavy atom. The fourth-order valence-corrected chi connectivity index (χ4v) is 4.29. The largest absolute Gasteiger partial charge is 0.352 e. The van der Waals surface area contributed by atoms with Gasteiger partial charge >= 0.3 is 0 Å². The molecular formula is C24H31BrN2O2S. The van der Waals surface area contributed by atoms with Crippen LogP contribution in [0.2, 0.25) is 0 Å². The van der Waals surface area contributed by atoms with Crippen LogP contribution in [0.4, 0.5) is 0 Å². The number of hydrogen-bond donors (Lipinski definition) is 1. The Bertz CT molecular complexity index is 816. The molecule has 0 aliphatic rings. The number of carbonyl (C=O) groups excluding carboxylic acids is 2. The van der Waals surface area contributed by atoms with Crippen LogP contribution in [0.1, 0.15) is 44.7 Å². The monoisotopic (exact) mass is 490 g/mol. The van der Waals surface area contributed by atoms with E-state index in [2.05, 4.69) is 33.4 Å². The molecule has 2 rings (SSSR count). The van der Waals surface area contributed by atoms with E-state index in [1.807, 2.05) is 63.2 Å². The summed E-state index contributed by atoms with van der Waals surface area (Å²) in [6, 6.07) is 17.7. The molecule has 0 fully saturated rings. The molecular weight excluding hydrogens is 460 g/mol. The van der Waals surface area contributed by atoms with Crippen LogP contribution in [-0.2, 0) is 21.9 Å². The predicted molar refractivity (Wildman–Crippen MR) is 129 cm³/mol. The Labute approximate surface area is 192 Å². The molecule has 0 bridgehead atoms. The molecule has 0 aliphatic heterocycles. The number of nitrogens with zero attached hydrogens (tertiary/aromatic N) is 1. The molecule has 30 heavy (non-hydrogen) atoms. The van der Waals surface area contributed by atoms with Crippen molar-refractivity contribution in [1.29, 1.82) is 0 Å². The maximum absolute atomic E-state index is 13.1. The maximum atomic E-state index is 13.1. The van der Waals surface area contributed by atoms with Gasteiger partial charge in [-0.1, -0.05) is 65.3 Å². The smallest absolute Gasteiger partial charge is 0.242 e. The van der Waals surface area contributed by atoms with Crippen molar-refractivity contribution in [2.24, 2.45) is 0 Å². The highest BCUT2D eigenvalue weighted by molar-refractivity contribution is 9.10. The number of benzene rings is 2. The molecule has 4 nitrogen and oxygen atoms in total. The second-order valence-corrected chi connectivity index (χ2v) is 9.45. The van der Waals surface area contributed by atoms with Crippen molar-refractivity contribution < 1.29 is 9.59 Å². The van der Waals surface area contributed by atoms with Crippen LogP contribution >= 0.6 is 27.7 Å². The zero-order valence-corrected chi connectivity index (χ0v) is 20.3. The summed E-state index contributed by atoms with van der Waals surface area (Å²) in [4.78, 5) is 27.5. The molecule has 0 saturated carbocycles. The summed E-state index contributed by atoms with van der Waals surface area (Å²) in [5.74, 6) is 1.50. The van der Waals surface area contributed by atoms with E-state index < -0.39 is 6.04 Å². The molecule has 1 N–H and O–H groups in total. The van der Waals surface area contributed by atoms with Crippen LogP contribution in [0.3, 0.4) is 0 Å². The number of hydrogen-bond acceptors (Lipinski definition) is 3. The van der Waals surface area contributed by atoms with E-state index in [4.69, 9.17) is 0 Å². The number of thioether (sulfide) groups is 1. The van der Waals surface area contributed by atoms with Crippen molar-refractivity contribution in [3.05, 3.63) is 70.2 Å². The minimum atomic E-state index is -0.524. The molecule has 2 atom stereocenters. The second-order valence-electron chi connectivity index (χ2n) is 7.43. The minimum Gasteiger partial charge on any atom is -0.352 e. The first-order chi connectivity index (χ1) is 14.4. The van der Waals surface area contributed by atoms with Crippen molar-refractivity contribution in [2.45, 2.75) is 58.0 Å². The first kappa shape index (κ1) is 24.5. The Hall–Kier alpha value is -1.79. The van der Waals surface area contributed by atoms with Gasteiger partial charge in [0.1, 0.15) is 6.04 Å². The zero-order valence-electron chi connectivity index (χ0n) is 17.9. The van der Waals surface area contributed by atoms with E-state index in [1.165, 1.54) is 5.56 Å². The quantitative estimate of drug-likeness (QED) is 0.428. The van der Waals surface area contributed by atoms with Gasteiger partial charge in [-0.2, -0.15) is 11.8 Å². The van der Waals surface area contributed by atoms with Crippen LogP contribution in [0.5, 0.6) is 0 Å². The molecule has 0 spiro atoms. The molecule has 2 aromatic rings. The lowest BCUT2D eigenvalue weighted by Gasteiger charge is -2.29. The SMILES string of the molecule is CCC(C)NC(=O)C(C)N(Cc1cccc(Br)c1)C(=O)CCSCc1ccccc1. The molecule has 0 aromatic heterocycles. The van der Waals surface area contributed by atoms with Gasteiger partial charge in [-0.25, -0.2) is 0 Å². The van der Waals surface area contributed by atoms with E-state index in [9.17, 15) is 9.59 Å². The summed E-state index contributed by atoms with van der Waals surface area (Å²) in [7, 11) is 0. The van der Waals surface area contributed by atoms with Crippen molar-refractivity contribution >= 4 is 39.5 Å². The number of amides is 2. The third-order valence-electron chi connectivity index (χ3n) is 4.98. The molecule has 0 aliphatic carbocycles. The van der Waals surface area contributed by atoms with Crippen molar-refractivity contribution in [3.63, 3.8) is 0 Å². The van der Waals surface area contributed by atoms with Gasteiger partial charge in [0.2, 0.25) is 11.8 Å². The van der Waals surface area contributed by atoms with Crippen LogP contribution in [0, 0.1) is 0 Å². The van der Waals surface area contributed by atoms with Gasteiger partial charge in [0.05, 0.1) is 0 Å². The third kappa shape index (κ3) is 8.15. The molecule has 0 heterocycles. The number of rotatable bonds is 11. The molecule has 2 amide bonds. The van der Waals surface area contributed by atoms with Gasteiger partial charge in [0.15, 0.2) is 0 Å². The van der Waals surface area contributed by atoms with E-state index in [0.717, 1.165) is 28.0 Å². The second kappa shape index (κ2) is 12.8. The van der Waals surface area contributed by atoms with Gasteiger partial charge in [-0.15, -0.1) is 0 Å². The lowest BCUT2D eigenvalue weighted by atomic mass is 10.1. The van der Waals surface area contributed by atoms with Crippen LogP contribution < -0.4 is 5.32 Å². The molecule has 2 aromatic carbocycles. The van der Waals surface area contributed by atoms with Gasteiger partial charge < -0.3 is 10.2 Å². The zero-order chi connectivity index (χ0) is 21.9. The summed E-state index contributed by atoms with van der Waals surface area (Å²) in [5.41, 5.74) is 2.25.